The molecule has 0 aliphatic rings. The zero-order valence-corrected chi connectivity index (χ0v) is 11.1. The van der Waals surface area contributed by atoms with Crippen molar-refractivity contribution in [2.24, 2.45) is 0 Å². The maximum absolute atomic E-state index is 13.8. The summed E-state index contributed by atoms with van der Waals surface area (Å²) in [7, 11) is 0. The summed E-state index contributed by atoms with van der Waals surface area (Å²) in [5.74, 6) is 0.164. The van der Waals surface area contributed by atoms with E-state index in [1.807, 2.05) is 13.8 Å². The summed E-state index contributed by atoms with van der Waals surface area (Å²) in [4.78, 5) is 4.20. The Kier molecular flexibility index (Phi) is 4.27. The summed E-state index contributed by atoms with van der Waals surface area (Å²) in [6, 6.07) is 6.72. The molecule has 0 amide bonds. The highest BCUT2D eigenvalue weighted by Crippen LogP contribution is 2.23. The highest BCUT2D eigenvalue weighted by molar-refractivity contribution is 5.23. The molecule has 0 spiro atoms. The normalized spacial score (nSPS) is 12.9. The van der Waals surface area contributed by atoms with Crippen LogP contribution in [0.1, 0.15) is 37.2 Å². The first kappa shape index (κ1) is 13.7. The Morgan fingerprint density at radius 2 is 2.05 bits per heavy atom. The summed E-state index contributed by atoms with van der Waals surface area (Å²) in [6.07, 6.45) is 1.96. The molecule has 1 aromatic carbocycles. The van der Waals surface area contributed by atoms with Gasteiger partial charge in [-0.15, -0.1) is 0 Å². The van der Waals surface area contributed by atoms with Crippen LogP contribution in [-0.2, 0) is 6.42 Å². The molecule has 0 radical (unpaired) electrons. The van der Waals surface area contributed by atoms with E-state index in [0.717, 1.165) is 5.82 Å². The summed E-state index contributed by atoms with van der Waals surface area (Å²) in [5, 5.41) is 13.7. The van der Waals surface area contributed by atoms with Crippen molar-refractivity contribution in [1.82, 2.24) is 14.8 Å². The van der Waals surface area contributed by atoms with Crippen LogP contribution in [0.4, 0.5) is 4.39 Å². The highest BCUT2D eigenvalue weighted by Gasteiger charge is 2.19. The molecule has 4 nitrogen and oxygen atoms in total. The zero-order chi connectivity index (χ0) is 13.8. The fourth-order valence-electron chi connectivity index (χ4n) is 2.15. The van der Waals surface area contributed by atoms with E-state index in [1.165, 1.54) is 12.4 Å². The van der Waals surface area contributed by atoms with Crippen LogP contribution in [0.5, 0.6) is 0 Å². The van der Waals surface area contributed by atoms with Crippen LogP contribution in [0, 0.1) is 5.82 Å². The Labute approximate surface area is 111 Å². The van der Waals surface area contributed by atoms with Crippen LogP contribution in [0.15, 0.2) is 30.6 Å². The van der Waals surface area contributed by atoms with Crippen molar-refractivity contribution in [3.8, 4) is 0 Å². The van der Waals surface area contributed by atoms with Crippen LogP contribution in [-0.4, -0.2) is 26.5 Å². The first-order chi connectivity index (χ1) is 9.13. The first-order valence-corrected chi connectivity index (χ1v) is 6.37. The summed E-state index contributed by atoms with van der Waals surface area (Å²) < 4.78 is 15.6. The number of rotatable bonds is 5. The van der Waals surface area contributed by atoms with Gasteiger partial charge in [0.05, 0.1) is 6.61 Å². The van der Waals surface area contributed by atoms with Crippen molar-refractivity contribution < 1.29 is 9.50 Å². The predicted molar refractivity (Wildman–Crippen MR) is 70.3 cm³/mol. The SMILES string of the molecule is CC(C)n1ncnc1CC(CO)c1ccccc1F. The van der Waals surface area contributed by atoms with Crippen LogP contribution in [0.25, 0.3) is 0 Å². The van der Waals surface area contributed by atoms with Gasteiger partial charge in [0.2, 0.25) is 0 Å². The Morgan fingerprint density at radius 3 is 2.68 bits per heavy atom. The van der Waals surface area contributed by atoms with Crippen LogP contribution in [0.3, 0.4) is 0 Å². The molecule has 0 fully saturated rings. The lowest BCUT2D eigenvalue weighted by Crippen LogP contribution is -2.15. The van der Waals surface area contributed by atoms with E-state index in [4.69, 9.17) is 0 Å². The van der Waals surface area contributed by atoms with Crippen molar-refractivity contribution in [1.29, 1.82) is 0 Å². The van der Waals surface area contributed by atoms with Crippen molar-refractivity contribution >= 4 is 0 Å². The number of aliphatic hydroxyl groups is 1. The number of benzene rings is 1. The standard InChI is InChI=1S/C14H18FN3O/c1-10(2)18-14(16-9-17-18)7-11(8-19)12-5-3-4-6-13(12)15/h3-6,9-11,19H,7-8H2,1-2H3. The van der Waals surface area contributed by atoms with Crippen molar-refractivity contribution in [2.75, 3.05) is 6.61 Å². The second kappa shape index (κ2) is 5.93. The maximum atomic E-state index is 13.8. The second-order valence-corrected chi connectivity index (χ2v) is 4.82. The highest BCUT2D eigenvalue weighted by atomic mass is 19.1. The quantitative estimate of drug-likeness (QED) is 0.900. The predicted octanol–water partition coefficient (Wildman–Crippen LogP) is 2.32. The minimum atomic E-state index is -0.303. The lowest BCUT2D eigenvalue weighted by atomic mass is 9.95. The number of hydrogen-bond donors (Lipinski definition) is 1. The Balaban J connectivity index is 2.25. The first-order valence-electron chi connectivity index (χ1n) is 6.37. The number of aromatic nitrogens is 3. The molecule has 19 heavy (non-hydrogen) atoms. The Morgan fingerprint density at radius 1 is 1.32 bits per heavy atom. The smallest absolute Gasteiger partial charge is 0.138 e. The van der Waals surface area contributed by atoms with Gasteiger partial charge in [0, 0.05) is 18.4 Å². The molecular formula is C14H18FN3O. The van der Waals surface area contributed by atoms with E-state index in [0.29, 0.717) is 12.0 Å². The van der Waals surface area contributed by atoms with Gasteiger partial charge in [-0.25, -0.2) is 14.1 Å². The molecule has 2 aromatic rings. The number of aliphatic hydroxyl groups excluding tert-OH is 1. The van der Waals surface area contributed by atoms with Gasteiger partial charge in [0.1, 0.15) is 18.0 Å². The second-order valence-electron chi connectivity index (χ2n) is 4.82. The summed E-state index contributed by atoms with van der Waals surface area (Å²) in [6.45, 7) is 3.90. The molecule has 0 aliphatic heterocycles. The largest absolute Gasteiger partial charge is 0.396 e. The van der Waals surface area contributed by atoms with E-state index >= 15 is 0 Å². The molecule has 0 saturated carbocycles. The van der Waals surface area contributed by atoms with Gasteiger partial charge < -0.3 is 5.11 Å². The summed E-state index contributed by atoms with van der Waals surface area (Å²) in [5.41, 5.74) is 0.517. The van der Waals surface area contributed by atoms with Crippen LogP contribution >= 0.6 is 0 Å². The molecule has 1 heterocycles. The number of halogens is 1. The number of hydrogen-bond acceptors (Lipinski definition) is 3. The summed E-state index contributed by atoms with van der Waals surface area (Å²) >= 11 is 0. The minimum absolute atomic E-state index is 0.119. The van der Waals surface area contributed by atoms with Gasteiger partial charge >= 0.3 is 0 Å². The van der Waals surface area contributed by atoms with Gasteiger partial charge in [-0.1, -0.05) is 18.2 Å². The van der Waals surface area contributed by atoms with E-state index in [2.05, 4.69) is 10.1 Å². The van der Waals surface area contributed by atoms with Gasteiger partial charge in [-0.05, 0) is 25.5 Å². The molecule has 1 atom stereocenters. The van der Waals surface area contributed by atoms with E-state index < -0.39 is 0 Å². The van der Waals surface area contributed by atoms with E-state index in [-0.39, 0.29) is 24.4 Å². The minimum Gasteiger partial charge on any atom is -0.396 e. The molecule has 2 rings (SSSR count). The molecule has 1 N–H and O–H groups in total. The molecular weight excluding hydrogens is 245 g/mol. The third-order valence-corrected chi connectivity index (χ3v) is 3.13. The van der Waals surface area contributed by atoms with Gasteiger partial charge in [0.25, 0.3) is 0 Å². The van der Waals surface area contributed by atoms with Crippen LogP contribution < -0.4 is 0 Å². The zero-order valence-electron chi connectivity index (χ0n) is 11.1. The fourth-order valence-corrected chi connectivity index (χ4v) is 2.15. The van der Waals surface area contributed by atoms with Gasteiger partial charge in [-0.2, -0.15) is 5.10 Å². The molecule has 0 saturated heterocycles. The lowest BCUT2D eigenvalue weighted by molar-refractivity contribution is 0.258. The molecule has 0 bridgehead atoms. The third kappa shape index (κ3) is 2.98. The molecule has 102 valence electrons. The maximum Gasteiger partial charge on any atom is 0.138 e. The fraction of sp³-hybridized carbons (Fsp3) is 0.429. The molecule has 0 aliphatic carbocycles. The van der Waals surface area contributed by atoms with Crippen molar-refractivity contribution in [3.05, 3.63) is 47.8 Å². The van der Waals surface area contributed by atoms with E-state index in [1.54, 1.807) is 22.9 Å². The Hall–Kier alpha value is -1.75. The monoisotopic (exact) mass is 263 g/mol. The van der Waals surface area contributed by atoms with Crippen molar-refractivity contribution in [2.45, 2.75) is 32.2 Å². The molecule has 5 heteroatoms. The Bertz CT molecular complexity index is 539. The lowest BCUT2D eigenvalue weighted by Gasteiger charge is -2.16. The van der Waals surface area contributed by atoms with E-state index in [9.17, 15) is 9.50 Å². The molecule has 1 aromatic heterocycles. The average molecular weight is 263 g/mol. The van der Waals surface area contributed by atoms with Crippen LogP contribution in [0.2, 0.25) is 0 Å². The number of nitrogens with zero attached hydrogens (tertiary/aromatic N) is 3. The average Bonchev–Trinajstić information content (AvgIpc) is 2.85. The molecule has 1 unspecified atom stereocenters. The third-order valence-electron chi connectivity index (χ3n) is 3.13. The van der Waals surface area contributed by atoms with Gasteiger partial charge in [0.15, 0.2) is 0 Å². The van der Waals surface area contributed by atoms with Crippen molar-refractivity contribution in [3.63, 3.8) is 0 Å². The van der Waals surface area contributed by atoms with Gasteiger partial charge in [-0.3, -0.25) is 0 Å². The topological polar surface area (TPSA) is 50.9 Å².